The van der Waals surface area contributed by atoms with Gasteiger partial charge in [-0.05, 0) is 13.8 Å². The van der Waals surface area contributed by atoms with Gasteiger partial charge in [-0.25, -0.2) is 9.97 Å². The Morgan fingerprint density at radius 1 is 1.30 bits per heavy atom. The Hall–Kier alpha value is -1.67. The lowest BCUT2D eigenvalue weighted by Crippen LogP contribution is -2.51. The summed E-state index contributed by atoms with van der Waals surface area (Å²) in [5.74, 6) is 0.655. The van der Waals surface area contributed by atoms with Crippen molar-refractivity contribution in [2.45, 2.75) is 20.3 Å². The van der Waals surface area contributed by atoms with Gasteiger partial charge >= 0.3 is 0 Å². The first-order chi connectivity index (χ1) is 11.1. The van der Waals surface area contributed by atoms with Crippen molar-refractivity contribution >= 4 is 33.8 Å². The molecule has 3 rings (SSSR count). The molecule has 124 valence electrons. The van der Waals surface area contributed by atoms with Crippen molar-refractivity contribution in [3.05, 3.63) is 27.2 Å². The van der Waals surface area contributed by atoms with E-state index in [1.54, 1.807) is 22.7 Å². The van der Waals surface area contributed by atoms with Gasteiger partial charge in [0.25, 0.3) is 0 Å². The van der Waals surface area contributed by atoms with Crippen LogP contribution in [0.3, 0.4) is 0 Å². The van der Waals surface area contributed by atoms with Crippen LogP contribution in [0.4, 0.5) is 5.13 Å². The average Bonchev–Trinajstić information content (AvgIpc) is 3.18. The number of hydrogen-bond acceptors (Lipinski definition) is 6. The topological polar surface area (TPSA) is 70.6 Å². The Morgan fingerprint density at radius 3 is 2.70 bits per heavy atom. The summed E-state index contributed by atoms with van der Waals surface area (Å²) in [5, 5.41) is 4.23. The minimum Gasteiger partial charge on any atom is -0.370 e. The molecule has 0 saturated carbocycles. The minimum atomic E-state index is 0.655. The molecule has 23 heavy (non-hydrogen) atoms. The largest absolute Gasteiger partial charge is 0.370 e. The summed E-state index contributed by atoms with van der Waals surface area (Å²) in [5.41, 5.74) is 7.28. The molecule has 1 aliphatic rings. The molecule has 0 aliphatic carbocycles. The van der Waals surface area contributed by atoms with Gasteiger partial charge < -0.3 is 15.5 Å². The molecule has 0 atom stereocenters. The van der Waals surface area contributed by atoms with Gasteiger partial charge in [-0.1, -0.05) is 0 Å². The second-order valence-corrected chi connectivity index (χ2v) is 7.68. The van der Waals surface area contributed by atoms with Crippen molar-refractivity contribution in [3.8, 4) is 0 Å². The van der Waals surface area contributed by atoms with Crippen molar-refractivity contribution in [2.24, 2.45) is 10.7 Å². The zero-order valence-electron chi connectivity index (χ0n) is 13.5. The van der Waals surface area contributed by atoms with Crippen molar-refractivity contribution in [3.63, 3.8) is 0 Å². The molecule has 0 aromatic carbocycles. The molecular formula is C15H22N6S2. The predicted octanol–water partition coefficient (Wildman–Crippen LogP) is 1.90. The van der Waals surface area contributed by atoms with Gasteiger partial charge in [-0.15, -0.1) is 22.7 Å². The maximum Gasteiger partial charge on any atom is 0.191 e. The lowest BCUT2D eigenvalue weighted by atomic mass is 10.3. The zero-order chi connectivity index (χ0) is 16.2. The van der Waals surface area contributed by atoms with E-state index in [0.717, 1.165) is 55.0 Å². The van der Waals surface area contributed by atoms with Gasteiger partial charge in [0.05, 0.1) is 10.7 Å². The van der Waals surface area contributed by atoms with Crippen LogP contribution in [0.5, 0.6) is 0 Å². The molecule has 0 bridgehead atoms. The molecule has 2 N–H and O–H groups in total. The second kappa shape index (κ2) is 7.27. The third-order valence-electron chi connectivity index (χ3n) is 3.91. The summed E-state index contributed by atoms with van der Waals surface area (Å²) in [4.78, 5) is 19.1. The first-order valence-electron chi connectivity index (χ1n) is 7.75. The van der Waals surface area contributed by atoms with Crippen LogP contribution in [-0.4, -0.2) is 53.6 Å². The number of nitrogens with zero attached hydrogens (tertiary/aromatic N) is 5. The maximum atomic E-state index is 6.15. The van der Waals surface area contributed by atoms with Crippen molar-refractivity contribution in [1.29, 1.82) is 0 Å². The number of aliphatic imine (C=N–C) groups is 1. The Kier molecular flexibility index (Phi) is 5.12. The van der Waals surface area contributed by atoms with E-state index in [0.29, 0.717) is 5.96 Å². The Labute approximate surface area is 144 Å². The van der Waals surface area contributed by atoms with Crippen LogP contribution >= 0.6 is 22.7 Å². The highest BCUT2D eigenvalue weighted by Crippen LogP contribution is 2.19. The van der Waals surface area contributed by atoms with E-state index in [-0.39, 0.29) is 0 Å². The first kappa shape index (κ1) is 16.2. The standard InChI is InChI=1S/C15H22N6S2/c1-11-13(23-12(2)19-11)3-4-17-14(16)20-6-8-21(9-7-20)15-18-5-10-22-15/h5,10H,3-4,6-9H2,1-2H3,(H2,16,17). The van der Waals surface area contributed by atoms with Crippen LogP contribution in [0.25, 0.3) is 0 Å². The van der Waals surface area contributed by atoms with E-state index in [1.807, 2.05) is 18.5 Å². The minimum absolute atomic E-state index is 0.655. The number of nitrogens with two attached hydrogens (primary N) is 1. The smallest absolute Gasteiger partial charge is 0.191 e. The number of piperazine rings is 1. The highest BCUT2D eigenvalue weighted by molar-refractivity contribution is 7.13. The lowest BCUT2D eigenvalue weighted by molar-refractivity contribution is 0.380. The Morgan fingerprint density at radius 2 is 2.09 bits per heavy atom. The Balaban J connectivity index is 1.49. The highest BCUT2D eigenvalue weighted by atomic mass is 32.1. The molecule has 2 aromatic rings. The van der Waals surface area contributed by atoms with Gasteiger partial charge in [0.1, 0.15) is 0 Å². The summed E-state index contributed by atoms with van der Waals surface area (Å²) in [6, 6.07) is 0. The molecule has 0 unspecified atom stereocenters. The second-order valence-electron chi connectivity index (χ2n) is 5.52. The number of aryl methyl sites for hydroxylation is 2. The quantitative estimate of drug-likeness (QED) is 0.674. The molecule has 8 heteroatoms. The fraction of sp³-hybridized carbons (Fsp3) is 0.533. The summed E-state index contributed by atoms with van der Waals surface area (Å²) in [6.45, 7) is 8.50. The maximum absolute atomic E-state index is 6.15. The number of aromatic nitrogens is 2. The van der Waals surface area contributed by atoms with Crippen LogP contribution in [-0.2, 0) is 6.42 Å². The molecular weight excluding hydrogens is 328 g/mol. The number of guanidine groups is 1. The van der Waals surface area contributed by atoms with E-state index in [4.69, 9.17) is 5.73 Å². The van der Waals surface area contributed by atoms with E-state index in [2.05, 4.69) is 31.7 Å². The van der Waals surface area contributed by atoms with Gasteiger partial charge in [-0.3, -0.25) is 4.99 Å². The highest BCUT2D eigenvalue weighted by Gasteiger charge is 2.19. The van der Waals surface area contributed by atoms with Gasteiger partial charge in [0, 0.05) is 55.6 Å². The normalized spacial score (nSPS) is 16.2. The van der Waals surface area contributed by atoms with E-state index < -0.39 is 0 Å². The summed E-state index contributed by atoms with van der Waals surface area (Å²) >= 11 is 3.44. The molecule has 2 aromatic heterocycles. The predicted molar refractivity (Wildman–Crippen MR) is 97.7 cm³/mol. The van der Waals surface area contributed by atoms with E-state index in [9.17, 15) is 0 Å². The van der Waals surface area contributed by atoms with E-state index in [1.165, 1.54) is 4.88 Å². The van der Waals surface area contributed by atoms with Crippen molar-refractivity contribution in [1.82, 2.24) is 14.9 Å². The van der Waals surface area contributed by atoms with Crippen molar-refractivity contribution < 1.29 is 0 Å². The lowest BCUT2D eigenvalue weighted by Gasteiger charge is -2.35. The monoisotopic (exact) mass is 350 g/mol. The number of rotatable bonds is 4. The van der Waals surface area contributed by atoms with Crippen LogP contribution in [0.15, 0.2) is 16.6 Å². The van der Waals surface area contributed by atoms with Gasteiger partial charge in [-0.2, -0.15) is 0 Å². The molecule has 0 spiro atoms. The number of hydrogen-bond donors (Lipinski definition) is 1. The number of anilines is 1. The molecule has 6 nitrogen and oxygen atoms in total. The summed E-state index contributed by atoms with van der Waals surface area (Å²) < 4.78 is 0. The van der Waals surface area contributed by atoms with Gasteiger partial charge in [0.15, 0.2) is 11.1 Å². The summed E-state index contributed by atoms with van der Waals surface area (Å²) in [6.07, 6.45) is 2.77. The third kappa shape index (κ3) is 4.00. The third-order valence-corrected chi connectivity index (χ3v) is 5.87. The van der Waals surface area contributed by atoms with Crippen LogP contribution in [0.1, 0.15) is 15.6 Å². The van der Waals surface area contributed by atoms with E-state index >= 15 is 0 Å². The number of thiazole rings is 2. The molecule has 1 aliphatic heterocycles. The summed E-state index contributed by atoms with van der Waals surface area (Å²) in [7, 11) is 0. The molecule has 0 radical (unpaired) electrons. The van der Waals surface area contributed by atoms with Gasteiger partial charge in [0.2, 0.25) is 0 Å². The first-order valence-corrected chi connectivity index (χ1v) is 9.45. The molecule has 0 amide bonds. The van der Waals surface area contributed by atoms with Crippen LogP contribution < -0.4 is 10.6 Å². The molecule has 1 saturated heterocycles. The molecule has 3 heterocycles. The zero-order valence-corrected chi connectivity index (χ0v) is 15.2. The fourth-order valence-corrected chi connectivity index (χ4v) is 4.30. The fourth-order valence-electron chi connectivity index (χ4n) is 2.68. The van der Waals surface area contributed by atoms with Crippen LogP contribution in [0, 0.1) is 13.8 Å². The SMILES string of the molecule is Cc1nc(C)c(CCN=C(N)N2CCN(c3nccs3)CC2)s1. The van der Waals surface area contributed by atoms with Crippen molar-refractivity contribution in [2.75, 3.05) is 37.6 Å². The molecule has 1 fully saturated rings. The Bertz CT molecular complexity index is 656. The van der Waals surface area contributed by atoms with Crippen LogP contribution in [0.2, 0.25) is 0 Å². The average molecular weight is 351 g/mol.